The van der Waals surface area contributed by atoms with Crippen molar-refractivity contribution in [2.24, 2.45) is 0 Å². The molecule has 143 valence electrons. The van der Waals surface area contributed by atoms with Crippen LogP contribution in [0, 0.1) is 0 Å². The average molecular weight is 355 g/mol. The summed E-state index contributed by atoms with van der Waals surface area (Å²) in [5, 5.41) is 0. The van der Waals surface area contributed by atoms with Crippen LogP contribution in [0.15, 0.2) is 11.5 Å². The quantitative estimate of drug-likeness (QED) is 0.412. The van der Waals surface area contributed by atoms with Crippen LogP contribution in [0.5, 0.6) is 0 Å². The highest BCUT2D eigenvalue weighted by atomic mass is 16.5. The van der Waals surface area contributed by atoms with Gasteiger partial charge in [-0.1, -0.05) is 26.1 Å². The van der Waals surface area contributed by atoms with Gasteiger partial charge in [0.1, 0.15) is 12.2 Å². The largest absolute Gasteiger partial charge is 0.460 e. The van der Waals surface area contributed by atoms with Gasteiger partial charge < -0.3 is 20.4 Å². The first kappa shape index (κ1) is 23.7. The summed E-state index contributed by atoms with van der Waals surface area (Å²) in [7, 11) is 1.74. The van der Waals surface area contributed by atoms with Crippen molar-refractivity contribution < 1.29 is 30.0 Å². The Labute approximate surface area is 151 Å². The highest BCUT2D eigenvalue weighted by Crippen LogP contribution is 2.22. The van der Waals surface area contributed by atoms with E-state index in [0.717, 1.165) is 51.4 Å². The van der Waals surface area contributed by atoms with Gasteiger partial charge in [0.05, 0.1) is 0 Å². The number of esters is 2. The highest BCUT2D eigenvalue weighted by Gasteiger charge is 2.22. The van der Waals surface area contributed by atoms with Crippen LogP contribution >= 0.6 is 0 Å². The second kappa shape index (κ2) is 12.9. The van der Waals surface area contributed by atoms with Crippen molar-refractivity contribution in [2.45, 2.75) is 89.7 Å². The van der Waals surface area contributed by atoms with Crippen molar-refractivity contribution in [1.82, 2.24) is 0 Å². The molecule has 2 aliphatic carbocycles. The van der Waals surface area contributed by atoms with Gasteiger partial charge in [-0.15, -0.1) is 0 Å². The molecule has 0 aromatic rings. The smallest absolute Gasteiger partial charge is 0.330 e. The molecule has 2 saturated carbocycles. The van der Waals surface area contributed by atoms with Gasteiger partial charge in [-0.05, 0) is 51.4 Å². The van der Waals surface area contributed by atoms with E-state index in [1.165, 1.54) is 18.9 Å². The van der Waals surface area contributed by atoms with Crippen LogP contribution in [0.1, 0.15) is 71.1 Å². The third-order valence-electron chi connectivity index (χ3n) is 4.59. The molecule has 0 aliphatic heterocycles. The third kappa shape index (κ3) is 8.54. The van der Waals surface area contributed by atoms with E-state index in [9.17, 15) is 9.59 Å². The lowest BCUT2D eigenvalue weighted by atomic mass is 9.67. The summed E-state index contributed by atoms with van der Waals surface area (Å²) in [5.74, 6) is -0.809. The molecule has 25 heavy (non-hydrogen) atoms. The van der Waals surface area contributed by atoms with Gasteiger partial charge in [0.15, 0.2) is 7.28 Å². The van der Waals surface area contributed by atoms with Gasteiger partial charge in [0, 0.05) is 11.5 Å². The van der Waals surface area contributed by atoms with Crippen LogP contribution in [0.3, 0.4) is 0 Å². The van der Waals surface area contributed by atoms with E-state index in [1.54, 1.807) is 7.28 Å². The molecule has 2 rings (SSSR count). The number of carbonyl (C=O) groups excluding carboxylic acids is 2. The maximum Gasteiger partial charge on any atom is 0.330 e. The van der Waals surface area contributed by atoms with E-state index >= 15 is 0 Å². The first-order chi connectivity index (χ1) is 11.2. The number of ether oxygens (including phenoxy) is 2. The SMILES string of the molecule is CC[B]/C(=C/C(=O)OC1CCCCC1)C(=O)OC1CCCCC1.O.O. The van der Waals surface area contributed by atoms with Crippen molar-refractivity contribution >= 4 is 19.2 Å². The number of hydrogen-bond acceptors (Lipinski definition) is 4. The van der Waals surface area contributed by atoms with E-state index in [0.29, 0.717) is 11.8 Å². The molecule has 7 heteroatoms. The Hall–Kier alpha value is -1.34. The van der Waals surface area contributed by atoms with Crippen LogP contribution in [0.25, 0.3) is 0 Å². The summed E-state index contributed by atoms with van der Waals surface area (Å²) < 4.78 is 11.0. The first-order valence-corrected chi connectivity index (χ1v) is 9.15. The normalized spacial score (nSPS) is 19.2. The zero-order chi connectivity index (χ0) is 16.5. The van der Waals surface area contributed by atoms with Crippen molar-refractivity contribution in [3.63, 3.8) is 0 Å². The maximum absolute atomic E-state index is 12.3. The standard InChI is InChI=1S/C18H28BO4.2H2O/c1-2-19-16(18(21)23-15-11-7-4-8-12-15)13-17(20)22-14-9-5-3-6-10-14;;/h13-15H,2-12H2,1H3;2*1H2/b16-13+;;. The van der Waals surface area contributed by atoms with Crippen LogP contribution in [-0.2, 0) is 19.1 Å². The lowest BCUT2D eigenvalue weighted by molar-refractivity contribution is -0.147. The minimum absolute atomic E-state index is 0. The number of rotatable bonds is 6. The van der Waals surface area contributed by atoms with E-state index in [4.69, 9.17) is 9.47 Å². The van der Waals surface area contributed by atoms with Crippen LogP contribution in [0.4, 0.5) is 0 Å². The fourth-order valence-corrected chi connectivity index (χ4v) is 3.33. The number of carbonyl (C=O) groups is 2. The van der Waals surface area contributed by atoms with Crippen LogP contribution in [0.2, 0.25) is 6.32 Å². The second-order valence-electron chi connectivity index (χ2n) is 6.57. The molecular weight excluding hydrogens is 323 g/mol. The van der Waals surface area contributed by atoms with E-state index in [2.05, 4.69) is 0 Å². The average Bonchev–Trinajstić information content (AvgIpc) is 2.56. The molecule has 2 fully saturated rings. The molecule has 0 amide bonds. The summed E-state index contributed by atoms with van der Waals surface area (Å²) in [6.07, 6.45) is 12.6. The lowest BCUT2D eigenvalue weighted by Gasteiger charge is -2.23. The minimum atomic E-state index is -0.419. The third-order valence-corrected chi connectivity index (χ3v) is 4.59. The molecule has 1 radical (unpaired) electrons. The summed E-state index contributed by atoms with van der Waals surface area (Å²) in [4.78, 5) is 24.4. The molecule has 0 atom stereocenters. The fraction of sp³-hybridized carbons (Fsp3) is 0.778. The van der Waals surface area contributed by atoms with Gasteiger partial charge in [0.25, 0.3) is 0 Å². The molecule has 0 heterocycles. The highest BCUT2D eigenvalue weighted by molar-refractivity contribution is 6.54. The van der Waals surface area contributed by atoms with E-state index in [1.807, 2.05) is 6.92 Å². The summed E-state index contributed by atoms with van der Waals surface area (Å²) in [6, 6.07) is 0. The van der Waals surface area contributed by atoms with E-state index in [-0.39, 0.29) is 29.1 Å². The van der Waals surface area contributed by atoms with E-state index < -0.39 is 5.97 Å². The van der Waals surface area contributed by atoms with Gasteiger partial charge in [0.2, 0.25) is 0 Å². The molecule has 0 bridgehead atoms. The van der Waals surface area contributed by atoms with Crippen molar-refractivity contribution in [1.29, 1.82) is 0 Å². The Morgan fingerprint density at radius 2 is 1.36 bits per heavy atom. The molecule has 0 aromatic carbocycles. The second-order valence-corrected chi connectivity index (χ2v) is 6.57. The number of hydrogen-bond donors (Lipinski definition) is 0. The summed E-state index contributed by atoms with van der Waals surface area (Å²) in [5.41, 5.74) is 0.332. The Balaban J connectivity index is 0.00000288. The monoisotopic (exact) mass is 355 g/mol. The molecule has 0 saturated heterocycles. The summed E-state index contributed by atoms with van der Waals surface area (Å²) in [6.45, 7) is 1.94. The van der Waals surface area contributed by atoms with Crippen molar-refractivity contribution in [2.75, 3.05) is 0 Å². The van der Waals surface area contributed by atoms with Crippen LogP contribution in [-0.4, -0.2) is 42.4 Å². The van der Waals surface area contributed by atoms with Crippen LogP contribution < -0.4 is 0 Å². The van der Waals surface area contributed by atoms with Crippen molar-refractivity contribution in [3.8, 4) is 0 Å². The maximum atomic E-state index is 12.3. The molecular formula is C18H32BO6. The lowest BCUT2D eigenvalue weighted by Crippen LogP contribution is -2.25. The van der Waals surface area contributed by atoms with Gasteiger partial charge in [-0.25, -0.2) is 9.59 Å². The molecule has 0 aromatic heterocycles. The molecule has 6 nitrogen and oxygen atoms in total. The van der Waals surface area contributed by atoms with Gasteiger partial charge in [-0.2, -0.15) is 0 Å². The molecule has 0 unspecified atom stereocenters. The molecule has 4 N–H and O–H groups in total. The van der Waals surface area contributed by atoms with Gasteiger partial charge >= 0.3 is 11.9 Å². The Morgan fingerprint density at radius 3 is 1.84 bits per heavy atom. The summed E-state index contributed by atoms with van der Waals surface area (Å²) >= 11 is 0. The fourth-order valence-electron chi connectivity index (χ4n) is 3.33. The Bertz CT molecular complexity index is 425. The Morgan fingerprint density at radius 1 is 0.880 bits per heavy atom. The first-order valence-electron chi connectivity index (χ1n) is 9.15. The predicted molar refractivity (Wildman–Crippen MR) is 97.5 cm³/mol. The minimum Gasteiger partial charge on any atom is -0.460 e. The zero-order valence-electron chi connectivity index (χ0n) is 15.2. The topological polar surface area (TPSA) is 116 Å². The Kier molecular flexibility index (Phi) is 12.3. The van der Waals surface area contributed by atoms with Crippen molar-refractivity contribution in [3.05, 3.63) is 11.5 Å². The molecule has 2 aliphatic rings. The van der Waals surface area contributed by atoms with Gasteiger partial charge in [-0.3, -0.25) is 0 Å². The molecule has 0 spiro atoms. The zero-order valence-corrected chi connectivity index (χ0v) is 15.2. The predicted octanol–water partition coefficient (Wildman–Crippen LogP) is 2.12.